The fraction of sp³-hybridized carbons (Fsp3) is 0.632. The van der Waals surface area contributed by atoms with E-state index in [1.165, 1.54) is 24.8 Å². The van der Waals surface area contributed by atoms with E-state index in [2.05, 4.69) is 31.2 Å². The Morgan fingerprint density at radius 1 is 0.818 bits per heavy atom. The van der Waals surface area contributed by atoms with Crippen LogP contribution in [0.2, 0.25) is 0 Å². The molecule has 3 heteroatoms. The number of aryl methyl sites for hydroxylation is 1. The molecule has 0 aromatic heterocycles. The van der Waals surface area contributed by atoms with Crippen LogP contribution >= 0.6 is 0 Å². The minimum Gasteiger partial charge on any atom is -0.434 e. The number of hydrogen-bond donors (Lipinski definition) is 0. The Balaban J connectivity index is 1.86. The molecule has 0 amide bonds. The molecule has 1 rings (SSSR count). The highest BCUT2D eigenvalue weighted by atomic mass is 16.7. The van der Waals surface area contributed by atoms with E-state index in [1.54, 1.807) is 0 Å². The number of benzene rings is 1. The van der Waals surface area contributed by atoms with Crippen molar-refractivity contribution in [2.75, 3.05) is 13.2 Å². The van der Waals surface area contributed by atoms with E-state index < -0.39 is 6.16 Å². The van der Waals surface area contributed by atoms with E-state index in [1.807, 2.05) is 6.07 Å². The molecule has 0 aliphatic carbocycles. The smallest absolute Gasteiger partial charge is 0.434 e. The molecule has 124 valence electrons. The summed E-state index contributed by atoms with van der Waals surface area (Å²) in [6, 6.07) is 10.5. The van der Waals surface area contributed by atoms with Crippen LogP contribution in [0, 0.1) is 0 Å². The van der Waals surface area contributed by atoms with Crippen molar-refractivity contribution in [3.05, 3.63) is 35.9 Å². The van der Waals surface area contributed by atoms with Crippen LogP contribution in [0.4, 0.5) is 4.79 Å². The Morgan fingerprint density at radius 3 is 2.05 bits per heavy atom. The molecule has 0 aliphatic heterocycles. The maximum atomic E-state index is 11.3. The second-order valence-electron chi connectivity index (χ2n) is 5.66. The molecule has 0 N–H and O–H groups in total. The summed E-state index contributed by atoms with van der Waals surface area (Å²) < 4.78 is 10.1. The second kappa shape index (κ2) is 13.2. The standard InChI is InChI=1S/C19H30O3/c1-2-3-4-5-11-16-21-19(20)22-17-12-7-10-15-18-13-8-6-9-14-18/h6,8-9,13-14H,2-5,7,10-12,15-17H2,1H3. The van der Waals surface area contributed by atoms with E-state index in [0.29, 0.717) is 13.2 Å². The summed E-state index contributed by atoms with van der Waals surface area (Å²) >= 11 is 0. The van der Waals surface area contributed by atoms with Gasteiger partial charge in [-0.3, -0.25) is 0 Å². The van der Waals surface area contributed by atoms with Gasteiger partial charge in [0.15, 0.2) is 0 Å². The van der Waals surface area contributed by atoms with Crippen LogP contribution in [-0.2, 0) is 15.9 Å². The average Bonchev–Trinajstić information content (AvgIpc) is 2.55. The summed E-state index contributed by atoms with van der Waals surface area (Å²) in [5.41, 5.74) is 1.37. The zero-order chi connectivity index (χ0) is 15.9. The largest absolute Gasteiger partial charge is 0.508 e. The van der Waals surface area contributed by atoms with E-state index in [9.17, 15) is 4.79 Å². The quantitative estimate of drug-likeness (QED) is 0.376. The molecule has 22 heavy (non-hydrogen) atoms. The van der Waals surface area contributed by atoms with Crippen molar-refractivity contribution in [2.24, 2.45) is 0 Å². The lowest BCUT2D eigenvalue weighted by Gasteiger charge is -2.06. The zero-order valence-electron chi connectivity index (χ0n) is 13.9. The Hall–Kier alpha value is -1.51. The predicted octanol–water partition coefficient (Wildman–Crippen LogP) is 5.52. The zero-order valence-corrected chi connectivity index (χ0v) is 13.9. The summed E-state index contributed by atoms with van der Waals surface area (Å²) in [6.07, 6.45) is 9.43. The fourth-order valence-electron chi connectivity index (χ4n) is 2.31. The summed E-state index contributed by atoms with van der Waals surface area (Å²) in [4.78, 5) is 11.3. The molecule has 0 bridgehead atoms. The Labute approximate surface area is 135 Å². The molecule has 0 spiro atoms. The maximum Gasteiger partial charge on any atom is 0.508 e. The van der Waals surface area contributed by atoms with Crippen molar-refractivity contribution in [3.63, 3.8) is 0 Å². The third-order valence-corrected chi connectivity index (χ3v) is 3.64. The van der Waals surface area contributed by atoms with Gasteiger partial charge in [-0.1, -0.05) is 62.9 Å². The third kappa shape index (κ3) is 10.3. The van der Waals surface area contributed by atoms with Gasteiger partial charge in [0.05, 0.1) is 13.2 Å². The highest BCUT2D eigenvalue weighted by Crippen LogP contribution is 2.07. The third-order valence-electron chi connectivity index (χ3n) is 3.64. The van der Waals surface area contributed by atoms with E-state index in [4.69, 9.17) is 9.47 Å². The van der Waals surface area contributed by atoms with Gasteiger partial charge in [0, 0.05) is 0 Å². The summed E-state index contributed by atoms with van der Waals surface area (Å²) in [5, 5.41) is 0. The van der Waals surface area contributed by atoms with Gasteiger partial charge in [-0.25, -0.2) is 4.79 Å². The predicted molar refractivity (Wildman–Crippen MR) is 90.1 cm³/mol. The molecule has 0 aliphatic rings. The van der Waals surface area contributed by atoms with Crippen LogP contribution < -0.4 is 0 Å². The van der Waals surface area contributed by atoms with Crippen LogP contribution in [0.25, 0.3) is 0 Å². The number of unbranched alkanes of at least 4 members (excludes halogenated alkanes) is 6. The molecule has 0 unspecified atom stereocenters. The molecule has 0 radical (unpaired) electrons. The molecule has 0 heterocycles. The highest BCUT2D eigenvalue weighted by Gasteiger charge is 2.03. The van der Waals surface area contributed by atoms with Crippen molar-refractivity contribution in [1.29, 1.82) is 0 Å². The normalized spacial score (nSPS) is 10.4. The van der Waals surface area contributed by atoms with E-state index >= 15 is 0 Å². The summed E-state index contributed by atoms with van der Waals surface area (Å²) in [6.45, 7) is 3.13. The Morgan fingerprint density at radius 2 is 1.41 bits per heavy atom. The lowest BCUT2D eigenvalue weighted by atomic mass is 10.1. The van der Waals surface area contributed by atoms with Crippen LogP contribution in [0.3, 0.4) is 0 Å². The molecule has 0 atom stereocenters. The van der Waals surface area contributed by atoms with Crippen molar-refractivity contribution < 1.29 is 14.3 Å². The lowest BCUT2D eigenvalue weighted by Crippen LogP contribution is -2.09. The molecular weight excluding hydrogens is 276 g/mol. The Bertz CT molecular complexity index is 376. The van der Waals surface area contributed by atoms with Crippen molar-refractivity contribution in [2.45, 2.75) is 64.7 Å². The van der Waals surface area contributed by atoms with Gasteiger partial charge in [0.1, 0.15) is 0 Å². The minimum absolute atomic E-state index is 0.462. The first-order valence-corrected chi connectivity index (χ1v) is 8.66. The first kappa shape index (κ1) is 18.5. The van der Waals surface area contributed by atoms with Crippen LogP contribution in [0.1, 0.15) is 63.9 Å². The second-order valence-corrected chi connectivity index (χ2v) is 5.66. The molecule has 0 fully saturated rings. The summed E-state index contributed by atoms with van der Waals surface area (Å²) in [7, 11) is 0. The number of carbonyl (C=O) groups is 1. The molecule has 0 saturated carbocycles. The highest BCUT2D eigenvalue weighted by molar-refractivity contribution is 5.59. The number of carbonyl (C=O) groups excluding carboxylic acids is 1. The molecular formula is C19H30O3. The molecule has 3 nitrogen and oxygen atoms in total. The topological polar surface area (TPSA) is 35.5 Å². The van der Waals surface area contributed by atoms with Gasteiger partial charge in [-0.05, 0) is 37.7 Å². The van der Waals surface area contributed by atoms with Gasteiger partial charge >= 0.3 is 6.16 Å². The van der Waals surface area contributed by atoms with Crippen molar-refractivity contribution in [3.8, 4) is 0 Å². The van der Waals surface area contributed by atoms with Gasteiger partial charge < -0.3 is 9.47 Å². The summed E-state index contributed by atoms with van der Waals surface area (Å²) in [5.74, 6) is 0. The van der Waals surface area contributed by atoms with E-state index in [-0.39, 0.29) is 0 Å². The molecule has 0 saturated heterocycles. The monoisotopic (exact) mass is 306 g/mol. The molecule has 1 aromatic rings. The lowest BCUT2D eigenvalue weighted by molar-refractivity contribution is 0.0529. The maximum absolute atomic E-state index is 11.3. The van der Waals surface area contributed by atoms with Crippen LogP contribution in [0.15, 0.2) is 30.3 Å². The Kier molecular flexibility index (Phi) is 11.1. The van der Waals surface area contributed by atoms with Crippen LogP contribution in [-0.4, -0.2) is 19.4 Å². The number of hydrogen-bond acceptors (Lipinski definition) is 3. The first-order chi connectivity index (χ1) is 10.8. The SMILES string of the molecule is CCCCCCCOC(=O)OCCCCCc1ccccc1. The van der Waals surface area contributed by atoms with E-state index in [0.717, 1.165) is 38.5 Å². The minimum atomic E-state index is -0.515. The fourth-order valence-corrected chi connectivity index (χ4v) is 2.31. The van der Waals surface area contributed by atoms with Crippen LogP contribution in [0.5, 0.6) is 0 Å². The van der Waals surface area contributed by atoms with Gasteiger partial charge in [0.25, 0.3) is 0 Å². The van der Waals surface area contributed by atoms with Gasteiger partial charge in [-0.15, -0.1) is 0 Å². The van der Waals surface area contributed by atoms with Crippen molar-refractivity contribution >= 4 is 6.16 Å². The number of rotatable bonds is 12. The van der Waals surface area contributed by atoms with Gasteiger partial charge in [0.2, 0.25) is 0 Å². The molecule has 1 aromatic carbocycles. The van der Waals surface area contributed by atoms with Crippen molar-refractivity contribution in [1.82, 2.24) is 0 Å². The first-order valence-electron chi connectivity index (χ1n) is 8.66. The average molecular weight is 306 g/mol. The van der Waals surface area contributed by atoms with Gasteiger partial charge in [-0.2, -0.15) is 0 Å². The number of ether oxygens (including phenoxy) is 2.